The maximum atomic E-state index is 12.1. The largest absolute Gasteiger partial charge is 0.465 e. The van der Waals surface area contributed by atoms with E-state index in [-0.39, 0.29) is 12.0 Å². The standard InChI is InChI=1S/C27H36N2O5/c1-18(28-24(31)34-26(2,3)4)20-11-13-21(14-12-20)23(30)27(5)22(15-16-29(27)25(32)33)17-19-9-7-6-8-10-19/h6-14,18,22-23,30H,15-17H2,1-5H3,(H,28,31)(H,32,33)/t18-,22?,23?,27+/m0/s1. The Balaban J connectivity index is 1.79. The van der Waals surface area contributed by atoms with Crippen molar-refractivity contribution >= 4 is 12.2 Å². The molecule has 1 aliphatic rings. The number of ether oxygens (including phenoxy) is 1. The van der Waals surface area contributed by atoms with Crippen LogP contribution in [0.25, 0.3) is 0 Å². The van der Waals surface area contributed by atoms with Gasteiger partial charge in [-0.2, -0.15) is 0 Å². The quantitative estimate of drug-likeness (QED) is 0.534. The lowest BCUT2D eigenvalue weighted by atomic mass is 9.76. The molecule has 2 amide bonds. The van der Waals surface area contributed by atoms with Crippen LogP contribution in [0.2, 0.25) is 0 Å². The van der Waals surface area contributed by atoms with Gasteiger partial charge in [-0.1, -0.05) is 54.6 Å². The number of hydrogen-bond donors (Lipinski definition) is 3. The molecule has 1 saturated heterocycles. The fraction of sp³-hybridized carbons (Fsp3) is 0.481. The molecule has 2 unspecified atom stereocenters. The number of aliphatic hydroxyl groups is 1. The van der Waals surface area contributed by atoms with Crippen LogP contribution in [0.4, 0.5) is 9.59 Å². The number of nitrogens with zero attached hydrogens (tertiary/aromatic N) is 1. The highest BCUT2D eigenvalue weighted by atomic mass is 16.6. The third-order valence-corrected chi connectivity index (χ3v) is 6.70. The number of alkyl carbamates (subject to hydrolysis) is 1. The number of carbonyl (C=O) groups excluding carboxylic acids is 1. The number of rotatable bonds is 6. The van der Waals surface area contributed by atoms with Crippen molar-refractivity contribution in [1.82, 2.24) is 10.2 Å². The van der Waals surface area contributed by atoms with Gasteiger partial charge in [0.25, 0.3) is 0 Å². The Labute approximate surface area is 201 Å². The van der Waals surface area contributed by atoms with Gasteiger partial charge in [-0.3, -0.25) is 4.90 Å². The smallest absolute Gasteiger partial charge is 0.408 e. The van der Waals surface area contributed by atoms with Crippen molar-refractivity contribution in [3.63, 3.8) is 0 Å². The van der Waals surface area contributed by atoms with Gasteiger partial charge in [-0.15, -0.1) is 0 Å². The highest BCUT2D eigenvalue weighted by Crippen LogP contribution is 2.45. The molecule has 3 N–H and O–H groups in total. The van der Waals surface area contributed by atoms with Gasteiger partial charge in [0, 0.05) is 6.54 Å². The van der Waals surface area contributed by atoms with Crippen molar-refractivity contribution in [3.8, 4) is 0 Å². The first-order valence-corrected chi connectivity index (χ1v) is 11.7. The molecule has 3 rings (SSSR count). The Hall–Kier alpha value is -3.06. The van der Waals surface area contributed by atoms with Gasteiger partial charge < -0.3 is 20.3 Å². The number of hydrogen-bond acceptors (Lipinski definition) is 4. The molecule has 2 aromatic carbocycles. The summed E-state index contributed by atoms with van der Waals surface area (Å²) in [4.78, 5) is 25.5. The van der Waals surface area contributed by atoms with Crippen molar-refractivity contribution in [1.29, 1.82) is 0 Å². The summed E-state index contributed by atoms with van der Waals surface area (Å²) in [5.41, 5.74) is 1.07. The molecule has 1 aliphatic heterocycles. The topological polar surface area (TPSA) is 99.1 Å². The first kappa shape index (κ1) is 25.6. The number of benzene rings is 2. The van der Waals surface area contributed by atoms with Crippen molar-refractivity contribution in [2.24, 2.45) is 5.92 Å². The minimum Gasteiger partial charge on any atom is -0.465 e. The lowest BCUT2D eigenvalue weighted by Crippen LogP contribution is -2.52. The van der Waals surface area contributed by atoms with Crippen molar-refractivity contribution in [2.75, 3.05) is 6.54 Å². The molecule has 0 aliphatic carbocycles. The van der Waals surface area contributed by atoms with Crippen molar-refractivity contribution in [3.05, 3.63) is 71.3 Å². The van der Waals surface area contributed by atoms with Crippen LogP contribution in [-0.4, -0.2) is 45.0 Å². The molecule has 4 atom stereocenters. The second-order valence-corrected chi connectivity index (χ2v) is 10.3. The van der Waals surface area contributed by atoms with Gasteiger partial charge in [0.1, 0.15) is 11.7 Å². The highest BCUT2D eigenvalue weighted by Gasteiger charge is 2.52. The third kappa shape index (κ3) is 5.70. The zero-order valence-corrected chi connectivity index (χ0v) is 20.6. The van der Waals surface area contributed by atoms with Crippen LogP contribution in [0.1, 0.15) is 69.9 Å². The van der Waals surface area contributed by atoms with Crippen molar-refractivity contribution in [2.45, 2.75) is 70.7 Å². The molecular formula is C27H36N2O5. The molecular weight excluding hydrogens is 432 g/mol. The lowest BCUT2D eigenvalue weighted by molar-refractivity contribution is -0.0143. The van der Waals surface area contributed by atoms with Gasteiger partial charge in [-0.05, 0) is 70.1 Å². The zero-order valence-electron chi connectivity index (χ0n) is 20.6. The molecule has 2 aromatic rings. The van der Waals surface area contributed by atoms with Crippen LogP contribution in [-0.2, 0) is 11.2 Å². The van der Waals surface area contributed by atoms with Crippen LogP contribution in [0.3, 0.4) is 0 Å². The van der Waals surface area contributed by atoms with E-state index in [2.05, 4.69) is 5.32 Å². The van der Waals surface area contributed by atoms with Gasteiger partial charge in [0.05, 0.1) is 11.6 Å². The number of carbonyl (C=O) groups is 2. The minimum atomic E-state index is -1.02. The Kier molecular flexibility index (Phi) is 7.56. The highest BCUT2D eigenvalue weighted by molar-refractivity contribution is 5.68. The normalized spacial score (nSPS) is 22.2. The maximum Gasteiger partial charge on any atom is 0.408 e. The van der Waals surface area contributed by atoms with E-state index >= 15 is 0 Å². The third-order valence-electron chi connectivity index (χ3n) is 6.70. The number of carboxylic acid groups (broad SMARTS) is 1. The van der Waals surface area contributed by atoms with E-state index in [0.29, 0.717) is 24.9 Å². The van der Waals surface area contributed by atoms with Crippen LogP contribution >= 0.6 is 0 Å². The second kappa shape index (κ2) is 10.1. The molecule has 0 saturated carbocycles. The summed E-state index contributed by atoms with van der Waals surface area (Å²) in [5.74, 6) is -0.0339. The summed E-state index contributed by atoms with van der Waals surface area (Å²) in [6, 6.07) is 17.0. The van der Waals surface area contributed by atoms with Gasteiger partial charge >= 0.3 is 12.2 Å². The SMILES string of the molecule is C[C@H](NC(=O)OC(C)(C)C)c1ccc(C(O)[C@@]2(C)C(Cc3ccccc3)CCN2C(=O)O)cc1. The summed E-state index contributed by atoms with van der Waals surface area (Å²) in [7, 11) is 0. The predicted molar refractivity (Wildman–Crippen MR) is 131 cm³/mol. The Morgan fingerprint density at radius 1 is 1.12 bits per heavy atom. The summed E-state index contributed by atoms with van der Waals surface area (Å²) < 4.78 is 5.32. The molecule has 1 fully saturated rings. The Bertz CT molecular complexity index is 986. The second-order valence-electron chi connectivity index (χ2n) is 10.3. The molecule has 0 radical (unpaired) electrons. The summed E-state index contributed by atoms with van der Waals surface area (Å²) in [6.45, 7) is 9.51. The summed E-state index contributed by atoms with van der Waals surface area (Å²) in [5, 5.41) is 24.1. The van der Waals surface area contributed by atoms with Gasteiger partial charge in [-0.25, -0.2) is 9.59 Å². The monoisotopic (exact) mass is 468 g/mol. The number of aliphatic hydroxyl groups excluding tert-OH is 1. The summed E-state index contributed by atoms with van der Waals surface area (Å²) >= 11 is 0. The fourth-order valence-corrected chi connectivity index (χ4v) is 4.79. The molecule has 34 heavy (non-hydrogen) atoms. The molecule has 0 bridgehead atoms. The van der Waals surface area contributed by atoms with E-state index in [9.17, 15) is 19.8 Å². The molecule has 184 valence electrons. The van der Waals surface area contributed by atoms with Gasteiger partial charge in [0.2, 0.25) is 0 Å². The Morgan fingerprint density at radius 2 is 1.71 bits per heavy atom. The zero-order chi connectivity index (χ0) is 25.1. The van der Waals surface area contributed by atoms with E-state index in [1.807, 2.05) is 77.1 Å². The van der Waals surface area contributed by atoms with Gasteiger partial charge in [0.15, 0.2) is 0 Å². The average Bonchev–Trinajstić information content (AvgIpc) is 3.10. The van der Waals surface area contributed by atoms with E-state index in [4.69, 9.17) is 4.74 Å². The minimum absolute atomic E-state index is 0.0339. The van der Waals surface area contributed by atoms with E-state index < -0.39 is 29.4 Å². The number of amides is 2. The fourth-order valence-electron chi connectivity index (χ4n) is 4.79. The van der Waals surface area contributed by atoms with E-state index in [1.165, 1.54) is 4.90 Å². The van der Waals surface area contributed by atoms with Crippen LogP contribution < -0.4 is 5.32 Å². The summed E-state index contributed by atoms with van der Waals surface area (Å²) in [6.07, 6.45) is -1.15. The first-order chi connectivity index (χ1) is 15.9. The van der Waals surface area contributed by atoms with Crippen LogP contribution in [0.15, 0.2) is 54.6 Å². The average molecular weight is 469 g/mol. The maximum absolute atomic E-state index is 12.1. The molecule has 0 aromatic heterocycles. The molecule has 7 nitrogen and oxygen atoms in total. The molecule has 1 heterocycles. The first-order valence-electron chi connectivity index (χ1n) is 11.7. The van der Waals surface area contributed by atoms with Crippen molar-refractivity contribution < 1.29 is 24.5 Å². The number of likely N-dealkylation sites (tertiary alicyclic amines) is 1. The van der Waals surface area contributed by atoms with Crippen LogP contribution in [0.5, 0.6) is 0 Å². The lowest BCUT2D eigenvalue weighted by Gasteiger charge is -2.42. The predicted octanol–water partition coefficient (Wildman–Crippen LogP) is 5.31. The Morgan fingerprint density at radius 3 is 2.26 bits per heavy atom. The number of nitrogens with one attached hydrogen (secondary N) is 1. The van der Waals surface area contributed by atoms with Crippen LogP contribution in [0, 0.1) is 5.92 Å². The molecule has 7 heteroatoms. The van der Waals surface area contributed by atoms with E-state index in [0.717, 1.165) is 11.1 Å². The molecule has 0 spiro atoms. The van der Waals surface area contributed by atoms with E-state index in [1.54, 1.807) is 12.1 Å².